The molecule has 0 bridgehead atoms. The first-order valence-electron chi connectivity index (χ1n) is 6.89. The smallest absolute Gasteiger partial charge is 0.410 e. The zero-order valence-electron chi connectivity index (χ0n) is 12.6. The van der Waals surface area contributed by atoms with Gasteiger partial charge in [0.25, 0.3) is 0 Å². The molecule has 2 rings (SSSR count). The Morgan fingerprint density at radius 2 is 1.77 bits per heavy atom. The standard InChI is InChI=1S/C15H18F3NO3/c1-15(2,3)22-14(21)19-6-9(7-19)13(20)8-4-10(16)12(18)11(17)5-8/h4-5,9,13,20H,6-7H2,1-3H3. The van der Waals surface area contributed by atoms with Crippen LogP contribution in [0.5, 0.6) is 0 Å². The second kappa shape index (κ2) is 5.79. The Morgan fingerprint density at radius 3 is 2.23 bits per heavy atom. The molecule has 1 heterocycles. The van der Waals surface area contributed by atoms with Crippen LogP contribution in [0, 0.1) is 23.4 Å². The normalized spacial score (nSPS) is 17.1. The summed E-state index contributed by atoms with van der Waals surface area (Å²) in [6.45, 7) is 5.62. The van der Waals surface area contributed by atoms with Crippen LogP contribution in [0.1, 0.15) is 32.4 Å². The van der Waals surface area contributed by atoms with Crippen molar-refractivity contribution in [2.24, 2.45) is 5.92 Å². The molecule has 0 spiro atoms. The monoisotopic (exact) mass is 317 g/mol. The van der Waals surface area contributed by atoms with Crippen molar-refractivity contribution >= 4 is 6.09 Å². The van der Waals surface area contributed by atoms with Gasteiger partial charge in [-0.05, 0) is 38.5 Å². The maximum absolute atomic E-state index is 13.2. The van der Waals surface area contributed by atoms with E-state index in [2.05, 4.69) is 0 Å². The molecular formula is C15H18F3NO3. The van der Waals surface area contributed by atoms with E-state index in [0.717, 1.165) is 12.1 Å². The Labute approximate surface area is 126 Å². The van der Waals surface area contributed by atoms with Crippen LogP contribution in [0.4, 0.5) is 18.0 Å². The highest BCUT2D eigenvalue weighted by Gasteiger charge is 2.38. The van der Waals surface area contributed by atoms with Crippen LogP contribution in [0.2, 0.25) is 0 Å². The molecule has 122 valence electrons. The summed E-state index contributed by atoms with van der Waals surface area (Å²) in [6, 6.07) is 1.53. The van der Waals surface area contributed by atoms with Crippen LogP contribution < -0.4 is 0 Å². The first kappa shape index (κ1) is 16.6. The Bertz CT molecular complexity index is 557. The molecule has 1 aromatic carbocycles. The van der Waals surface area contributed by atoms with E-state index in [1.807, 2.05) is 0 Å². The molecule has 0 aliphatic carbocycles. The number of amides is 1. The van der Waals surface area contributed by atoms with Gasteiger partial charge in [-0.1, -0.05) is 0 Å². The SMILES string of the molecule is CC(C)(C)OC(=O)N1CC(C(O)c2cc(F)c(F)c(F)c2)C1. The fourth-order valence-electron chi connectivity index (χ4n) is 2.21. The maximum Gasteiger partial charge on any atom is 0.410 e. The molecule has 4 nitrogen and oxygen atoms in total. The number of halogens is 3. The van der Waals surface area contributed by atoms with Gasteiger partial charge < -0.3 is 14.7 Å². The second-order valence-electron chi connectivity index (χ2n) is 6.39. The van der Waals surface area contributed by atoms with E-state index in [9.17, 15) is 23.1 Å². The lowest BCUT2D eigenvalue weighted by Gasteiger charge is -2.42. The van der Waals surface area contributed by atoms with Gasteiger partial charge in [0.05, 0.1) is 6.10 Å². The Hall–Kier alpha value is -1.76. The third kappa shape index (κ3) is 3.52. The van der Waals surface area contributed by atoms with Crippen LogP contribution in [-0.2, 0) is 4.74 Å². The maximum atomic E-state index is 13.2. The average molecular weight is 317 g/mol. The number of aliphatic hydroxyl groups is 1. The lowest BCUT2D eigenvalue weighted by Crippen LogP contribution is -2.53. The van der Waals surface area contributed by atoms with E-state index >= 15 is 0 Å². The number of hydrogen-bond acceptors (Lipinski definition) is 3. The van der Waals surface area contributed by atoms with Gasteiger partial charge in [-0.3, -0.25) is 0 Å². The molecule has 1 aliphatic rings. The first-order chi connectivity index (χ1) is 10.1. The number of nitrogens with zero attached hydrogens (tertiary/aromatic N) is 1. The Kier molecular flexibility index (Phi) is 4.37. The molecule has 1 atom stereocenters. The highest BCUT2D eigenvalue weighted by atomic mass is 19.2. The third-order valence-electron chi connectivity index (χ3n) is 3.36. The highest BCUT2D eigenvalue weighted by molar-refractivity contribution is 5.69. The van der Waals surface area contributed by atoms with Gasteiger partial charge in [0, 0.05) is 19.0 Å². The van der Waals surface area contributed by atoms with Gasteiger partial charge >= 0.3 is 6.09 Å². The predicted octanol–water partition coefficient (Wildman–Crippen LogP) is 3.00. The largest absolute Gasteiger partial charge is 0.444 e. The number of rotatable bonds is 2. The van der Waals surface area contributed by atoms with E-state index in [1.54, 1.807) is 20.8 Å². The van der Waals surface area contributed by atoms with Gasteiger partial charge in [-0.25, -0.2) is 18.0 Å². The van der Waals surface area contributed by atoms with Crippen molar-refractivity contribution in [2.75, 3.05) is 13.1 Å². The summed E-state index contributed by atoms with van der Waals surface area (Å²) < 4.78 is 44.4. The summed E-state index contributed by atoms with van der Waals surface area (Å²) in [5.41, 5.74) is -0.672. The lowest BCUT2D eigenvalue weighted by atomic mass is 9.89. The van der Waals surface area contributed by atoms with Crippen molar-refractivity contribution < 1.29 is 27.8 Å². The van der Waals surface area contributed by atoms with Crippen LogP contribution in [0.15, 0.2) is 12.1 Å². The molecule has 1 aliphatic heterocycles. The molecule has 1 N–H and O–H groups in total. The van der Waals surface area contributed by atoms with E-state index in [4.69, 9.17) is 4.74 Å². The number of hydrogen-bond donors (Lipinski definition) is 1. The molecule has 1 aromatic rings. The summed E-state index contributed by atoms with van der Waals surface area (Å²) in [4.78, 5) is 13.1. The van der Waals surface area contributed by atoms with E-state index in [0.29, 0.717) is 0 Å². The predicted molar refractivity (Wildman–Crippen MR) is 72.6 cm³/mol. The molecule has 22 heavy (non-hydrogen) atoms. The van der Waals surface area contributed by atoms with E-state index in [-0.39, 0.29) is 24.6 Å². The molecule has 0 aromatic heterocycles. The van der Waals surface area contributed by atoms with E-state index < -0.39 is 35.2 Å². The fourth-order valence-corrected chi connectivity index (χ4v) is 2.21. The number of aliphatic hydroxyl groups excluding tert-OH is 1. The highest BCUT2D eigenvalue weighted by Crippen LogP contribution is 2.32. The van der Waals surface area contributed by atoms with Crippen LogP contribution in [0.3, 0.4) is 0 Å². The van der Waals surface area contributed by atoms with Gasteiger partial charge in [0.2, 0.25) is 0 Å². The van der Waals surface area contributed by atoms with Crippen molar-refractivity contribution in [3.05, 3.63) is 35.1 Å². The molecule has 0 saturated carbocycles. The van der Waals surface area contributed by atoms with Crippen molar-refractivity contribution in [2.45, 2.75) is 32.5 Å². The quantitative estimate of drug-likeness (QED) is 0.853. The molecular weight excluding hydrogens is 299 g/mol. The summed E-state index contributed by atoms with van der Waals surface area (Å²) in [6.07, 6.45) is -1.68. The van der Waals surface area contributed by atoms with Gasteiger partial charge in [-0.2, -0.15) is 0 Å². The minimum atomic E-state index is -1.57. The Balaban J connectivity index is 1.97. The molecule has 1 saturated heterocycles. The van der Waals surface area contributed by atoms with Crippen LogP contribution >= 0.6 is 0 Å². The van der Waals surface area contributed by atoms with Gasteiger partial charge in [0.1, 0.15) is 5.60 Å². The van der Waals surface area contributed by atoms with Crippen molar-refractivity contribution in [3.63, 3.8) is 0 Å². The zero-order chi connectivity index (χ0) is 16.7. The van der Waals surface area contributed by atoms with Gasteiger partial charge in [-0.15, -0.1) is 0 Å². The summed E-state index contributed by atoms with van der Waals surface area (Å²) in [5.74, 6) is -4.65. The minimum Gasteiger partial charge on any atom is -0.444 e. The molecule has 0 radical (unpaired) electrons. The number of benzene rings is 1. The lowest BCUT2D eigenvalue weighted by molar-refractivity contribution is -0.0316. The van der Waals surface area contributed by atoms with E-state index in [1.165, 1.54) is 4.90 Å². The molecule has 7 heteroatoms. The number of carbonyl (C=O) groups excluding carboxylic acids is 1. The number of carbonyl (C=O) groups is 1. The van der Waals surface area contributed by atoms with Gasteiger partial charge in [0.15, 0.2) is 17.5 Å². The number of ether oxygens (including phenoxy) is 1. The van der Waals surface area contributed by atoms with Crippen molar-refractivity contribution in [3.8, 4) is 0 Å². The first-order valence-corrected chi connectivity index (χ1v) is 6.89. The van der Waals surface area contributed by atoms with Crippen molar-refractivity contribution in [1.82, 2.24) is 4.90 Å². The fraction of sp³-hybridized carbons (Fsp3) is 0.533. The topological polar surface area (TPSA) is 49.8 Å². The molecule has 1 amide bonds. The third-order valence-corrected chi connectivity index (χ3v) is 3.36. The summed E-state index contributed by atoms with van der Waals surface area (Å²) >= 11 is 0. The van der Waals surface area contributed by atoms with Crippen LogP contribution in [0.25, 0.3) is 0 Å². The second-order valence-corrected chi connectivity index (χ2v) is 6.39. The molecule has 1 fully saturated rings. The Morgan fingerprint density at radius 1 is 1.27 bits per heavy atom. The summed E-state index contributed by atoms with van der Waals surface area (Å²) in [5, 5.41) is 10.1. The zero-order valence-corrected chi connectivity index (χ0v) is 12.6. The minimum absolute atomic E-state index is 0.0507. The van der Waals surface area contributed by atoms with Crippen molar-refractivity contribution in [1.29, 1.82) is 0 Å². The summed E-state index contributed by atoms with van der Waals surface area (Å²) in [7, 11) is 0. The average Bonchev–Trinajstić information content (AvgIpc) is 2.30. The van der Waals surface area contributed by atoms with Crippen LogP contribution in [-0.4, -0.2) is 34.8 Å². The molecule has 1 unspecified atom stereocenters. The number of likely N-dealkylation sites (tertiary alicyclic amines) is 1.